The van der Waals surface area contributed by atoms with E-state index in [2.05, 4.69) is 34.9 Å². The normalized spacial score (nSPS) is 30.0. The maximum atomic E-state index is 12.2. The summed E-state index contributed by atoms with van der Waals surface area (Å²) in [4.78, 5) is 12.2. The van der Waals surface area contributed by atoms with Crippen molar-refractivity contribution in [1.82, 2.24) is 10.6 Å². The van der Waals surface area contributed by atoms with Gasteiger partial charge in [-0.3, -0.25) is 4.79 Å². The van der Waals surface area contributed by atoms with Gasteiger partial charge < -0.3 is 15.4 Å². The van der Waals surface area contributed by atoms with Crippen molar-refractivity contribution in [3.05, 3.63) is 35.4 Å². The molecule has 142 valence electrons. The van der Waals surface area contributed by atoms with Crippen LogP contribution in [-0.2, 0) is 16.0 Å². The second-order valence-corrected chi connectivity index (χ2v) is 8.33. The number of rotatable bonds is 7. The fraction of sp³-hybridized carbons (Fsp3) is 0.682. The Morgan fingerprint density at radius 1 is 1.15 bits per heavy atom. The van der Waals surface area contributed by atoms with Crippen LogP contribution in [0.4, 0.5) is 0 Å². The Labute approximate surface area is 157 Å². The van der Waals surface area contributed by atoms with E-state index in [0.29, 0.717) is 24.4 Å². The quantitative estimate of drug-likeness (QED) is 0.735. The van der Waals surface area contributed by atoms with Gasteiger partial charge >= 0.3 is 0 Å². The van der Waals surface area contributed by atoms with Crippen LogP contribution in [0, 0.1) is 5.92 Å². The molecule has 4 nitrogen and oxygen atoms in total. The molecule has 0 radical (unpaired) electrons. The van der Waals surface area contributed by atoms with E-state index in [-0.39, 0.29) is 12.0 Å². The number of carbonyl (C=O) groups is 1. The summed E-state index contributed by atoms with van der Waals surface area (Å²) in [5, 5.41) is 6.74. The van der Waals surface area contributed by atoms with Gasteiger partial charge in [-0.25, -0.2) is 0 Å². The number of benzene rings is 1. The molecule has 3 aliphatic rings. The Bertz CT molecular complexity index is 606. The van der Waals surface area contributed by atoms with Gasteiger partial charge in [0.25, 0.3) is 0 Å². The Kier molecular flexibility index (Phi) is 5.91. The Hall–Kier alpha value is -1.39. The van der Waals surface area contributed by atoms with Gasteiger partial charge in [-0.15, -0.1) is 0 Å². The lowest BCUT2D eigenvalue weighted by atomic mass is 9.89. The smallest absolute Gasteiger partial charge is 0.220 e. The van der Waals surface area contributed by atoms with Crippen LogP contribution in [0.5, 0.6) is 0 Å². The standard InChI is InChI=1S/C22H32N2O2/c25-22(15-16-13-18-9-10-19(14-16)24-18)23-11-4-12-26-21-8-3-6-17-5-1-2-7-20(17)21/h1-2,5,7,16,18-19,21,24H,3-4,6,8-15H2,(H,23,25). The predicted molar refractivity (Wildman–Crippen MR) is 103 cm³/mol. The molecule has 1 aromatic rings. The van der Waals surface area contributed by atoms with E-state index < -0.39 is 0 Å². The van der Waals surface area contributed by atoms with Crippen LogP contribution < -0.4 is 10.6 Å². The predicted octanol–water partition coefficient (Wildman–Crippen LogP) is 3.51. The molecule has 4 rings (SSSR count). The van der Waals surface area contributed by atoms with Gasteiger partial charge in [-0.1, -0.05) is 24.3 Å². The first kappa shape index (κ1) is 18.0. The summed E-state index contributed by atoms with van der Waals surface area (Å²) in [5.41, 5.74) is 2.80. The van der Waals surface area contributed by atoms with Gasteiger partial charge in [-0.2, -0.15) is 0 Å². The highest BCUT2D eigenvalue weighted by Crippen LogP contribution is 2.33. The third kappa shape index (κ3) is 4.47. The molecule has 2 heterocycles. The van der Waals surface area contributed by atoms with Crippen LogP contribution in [0.1, 0.15) is 68.6 Å². The fourth-order valence-corrected chi connectivity index (χ4v) is 5.08. The number of hydrogen-bond acceptors (Lipinski definition) is 3. The molecule has 2 saturated heterocycles. The number of carbonyl (C=O) groups excluding carboxylic acids is 1. The molecule has 0 aromatic heterocycles. The first-order chi connectivity index (χ1) is 12.8. The van der Waals surface area contributed by atoms with E-state index >= 15 is 0 Å². The minimum Gasteiger partial charge on any atom is -0.373 e. The molecule has 1 aromatic carbocycles. The molecule has 1 aliphatic carbocycles. The van der Waals surface area contributed by atoms with E-state index in [1.165, 1.54) is 49.7 Å². The molecule has 26 heavy (non-hydrogen) atoms. The molecular formula is C22H32N2O2. The lowest BCUT2D eigenvalue weighted by Gasteiger charge is -2.28. The van der Waals surface area contributed by atoms with Crippen LogP contribution in [-0.4, -0.2) is 31.1 Å². The average molecular weight is 357 g/mol. The molecule has 4 heteroatoms. The molecule has 2 fully saturated rings. The summed E-state index contributed by atoms with van der Waals surface area (Å²) in [5.74, 6) is 0.794. The number of piperidine rings is 1. The van der Waals surface area contributed by atoms with Crippen molar-refractivity contribution in [2.45, 2.75) is 76.0 Å². The number of fused-ring (bicyclic) bond motifs is 3. The van der Waals surface area contributed by atoms with E-state index in [1.807, 2.05) is 0 Å². The lowest BCUT2D eigenvalue weighted by molar-refractivity contribution is -0.122. The van der Waals surface area contributed by atoms with Crippen molar-refractivity contribution in [3.8, 4) is 0 Å². The summed E-state index contributed by atoms with van der Waals surface area (Å²) in [6.45, 7) is 1.45. The van der Waals surface area contributed by atoms with Crippen LogP contribution in [0.3, 0.4) is 0 Å². The third-order valence-electron chi connectivity index (χ3n) is 6.32. The van der Waals surface area contributed by atoms with Crippen LogP contribution in [0.2, 0.25) is 0 Å². The number of ether oxygens (including phenoxy) is 1. The molecule has 0 spiro atoms. The van der Waals surface area contributed by atoms with E-state index in [9.17, 15) is 4.79 Å². The molecule has 1 amide bonds. The highest BCUT2D eigenvalue weighted by atomic mass is 16.5. The van der Waals surface area contributed by atoms with Gasteiger partial charge in [0.2, 0.25) is 5.91 Å². The lowest BCUT2D eigenvalue weighted by Crippen LogP contribution is -2.39. The Morgan fingerprint density at radius 3 is 2.81 bits per heavy atom. The number of aryl methyl sites for hydroxylation is 1. The second-order valence-electron chi connectivity index (χ2n) is 8.33. The van der Waals surface area contributed by atoms with Crippen molar-refractivity contribution in [2.24, 2.45) is 5.92 Å². The molecular weight excluding hydrogens is 324 g/mol. The van der Waals surface area contributed by atoms with Gasteiger partial charge in [0.15, 0.2) is 0 Å². The highest BCUT2D eigenvalue weighted by molar-refractivity contribution is 5.76. The summed E-state index contributed by atoms with van der Waals surface area (Å²) in [7, 11) is 0. The molecule has 2 aliphatic heterocycles. The second kappa shape index (κ2) is 8.53. The monoisotopic (exact) mass is 356 g/mol. The van der Waals surface area contributed by atoms with Crippen molar-refractivity contribution in [3.63, 3.8) is 0 Å². The van der Waals surface area contributed by atoms with Crippen molar-refractivity contribution in [1.29, 1.82) is 0 Å². The van der Waals surface area contributed by atoms with Crippen molar-refractivity contribution >= 4 is 5.91 Å². The van der Waals surface area contributed by atoms with Crippen molar-refractivity contribution in [2.75, 3.05) is 13.2 Å². The molecule has 3 unspecified atom stereocenters. The molecule has 3 atom stereocenters. The zero-order chi connectivity index (χ0) is 17.8. The van der Waals surface area contributed by atoms with Crippen LogP contribution in [0.15, 0.2) is 24.3 Å². The minimum atomic E-state index is 0.222. The zero-order valence-corrected chi connectivity index (χ0v) is 15.7. The first-order valence-corrected chi connectivity index (χ1v) is 10.5. The van der Waals surface area contributed by atoms with Gasteiger partial charge in [0.05, 0.1) is 6.10 Å². The minimum absolute atomic E-state index is 0.222. The number of nitrogens with one attached hydrogen (secondary N) is 2. The maximum Gasteiger partial charge on any atom is 0.220 e. The summed E-state index contributed by atoms with van der Waals surface area (Å²) in [6.07, 6.45) is 10.3. The zero-order valence-electron chi connectivity index (χ0n) is 15.7. The number of amides is 1. The fourth-order valence-electron chi connectivity index (χ4n) is 5.08. The van der Waals surface area contributed by atoms with Gasteiger partial charge in [0, 0.05) is 31.7 Å². The number of hydrogen-bond donors (Lipinski definition) is 2. The van der Waals surface area contributed by atoms with Gasteiger partial charge in [0.1, 0.15) is 0 Å². The van der Waals surface area contributed by atoms with Crippen LogP contribution >= 0.6 is 0 Å². The maximum absolute atomic E-state index is 12.2. The molecule has 2 bridgehead atoms. The highest BCUT2D eigenvalue weighted by Gasteiger charge is 2.34. The Morgan fingerprint density at radius 2 is 1.96 bits per heavy atom. The average Bonchev–Trinajstić information content (AvgIpc) is 3.00. The largest absolute Gasteiger partial charge is 0.373 e. The van der Waals surface area contributed by atoms with E-state index in [4.69, 9.17) is 4.74 Å². The van der Waals surface area contributed by atoms with Crippen LogP contribution in [0.25, 0.3) is 0 Å². The van der Waals surface area contributed by atoms with Gasteiger partial charge in [-0.05, 0) is 68.4 Å². The van der Waals surface area contributed by atoms with Crippen molar-refractivity contribution < 1.29 is 9.53 Å². The third-order valence-corrected chi connectivity index (χ3v) is 6.32. The SMILES string of the molecule is O=C(CC1CC2CCC(C1)N2)NCCCOC1CCCc2ccccc21. The topological polar surface area (TPSA) is 50.4 Å². The Balaban J connectivity index is 1.12. The molecule has 2 N–H and O–H groups in total. The summed E-state index contributed by atoms with van der Waals surface area (Å²) < 4.78 is 6.12. The molecule has 0 saturated carbocycles. The van der Waals surface area contributed by atoms with E-state index in [1.54, 1.807) is 0 Å². The van der Waals surface area contributed by atoms with E-state index in [0.717, 1.165) is 26.0 Å². The first-order valence-electron chi connectivity index (χ1n) is 10.5. The summed E-state index contributed by atoms with van der Waals surface area (Å²) >= 11 is 0. The summed E-state index contributed by atoms with van der Waals surface area (Å²) in [6, 6.07) is 9.97.